The van der Waals surface area contributed by atoms with Crippen molar-refractivity contribution in [2.24, 2.45) is 0 Å². The lowest BCUT2D eigenvalue weighted by atomic mass is 10.1. The Hall–Kier alpha value is -2.17. The second-order valence-electron chi connectivity index (χ2n) is 5.27. The highest BCUT2D eigenvalue weighted by Crippen LogP contribution is 2.24. The van der Waals surface area contributed by atoms with E-state index < -0.39 is 0 Å². The van der Waals surface area contributed by atoms with Crippen LogP contribution in [-0.2, 0) is 0 Å². The van der Waals surface area contributed by atoms with Crippen molar-refractivity contribution < 1.29 is 4.74 Å². The Morgan fingerprint density at radius 3 is 2.45 bits per heavy atom. The summed E-state index contributed by atoms with van der Waals surface area (Å²) in [6, 6.07) is 3.67. The Kier molecular flexibility index (Phi) is 4.17. The Bertz CT molecular complexity index is 596. The Morgan fingerprint density at radius 1 is 1.05 bits per heavy atom. The first-order chi connectivity index (χ1) is 9.45. The van der Waals surface area contributed by atoms with Crippen LogP contribution in [0.5, 0.6) is 5.75 Å². The van der Waals surface area contributed by atoms with Crippen LogP contribution in [0.15, 0.2) is 24.5 Å². The van der Waals surface area contributed by atoms with Gasteiger partial charge in [-0.05, 0) is 19.9 Å². The molecule has 0 bridgehead atoms. The first kappa shape index (κ1) is 14.2. The van der Waals surface area contributed by atoms with Crippen molar-refractivity contribution in [3.8, 4) is 17.0 Å². The molecular weight excluding hydrogens is 252 g/mol. The number of nitrogens with zero attached hydrogens (tertiary/aromatic N) is 3. The minimum absolute atomic E-state index is 0.105. The SMILES string of the molecule is CC(C)Oc1cncc(-c2cc(N)nc(C(C)C)n2)c1. The van der Waals surface area contributed by atoms with Crippen LogP contribution in [0.1, 0.15) is 39.4 Å². The molecule has 0 spiro atoms. The number of ether oxygens (including phenoxy) is 1. The fourth-order valence-electron chi connectivity index (χ4n) is 1.79. The van der Waals surface area contributed by atoms with Crippen molar-refractivity contribution in [2.45, 2.75) is 39.7 Å². The summed E-state index contributed by atoms with van der Waals surface area (Å²) in [4.78, 5) is 13.0. The van der Waals surface area contributed by atoms with E-state index in [9.17, 15) is 0 Å². The Morgan fingerprint density at radius 2 is 1.80 bits per heavy atom. The molecule has 0 amide bonds. The molecule has 0 radical (unpaired) electrons. The summed E-state index contributed by atoms with van der Waals surface area (Å²) in [6.07, 6.45) is 3.55. The summed E-state index contributed by atoms with van der Waals surface area (Å²) in [5, 5.41) is 0. The highest BCUT2D eigenvalue weighted by molar-refractivity contribution is 5.62. The summed E-state index contributed by atoms with van der Waals surface area (Å²) < 4.78 is 5.65. The number of pyridine rings is 1. The molecular formula is C15H20N4O. The second-order valence-corrected chi connectivity index (χ2v) is 5.27. The number of hydrogen-bond acceptors (Lipinski definition) is 5. The molecule has 0 saturated heterocycles. The zero-order valence-electron chi connectivity index (χ0n) is 12.3. The van der Waals surface area contributed by atoms with E-state index in [1.165, 1.54) is 0 Å². The minimum Gasteiger partial charge on any atom is -0.489 e. The van der Waals surface area contributed by atoms with Gasteiger partial charge in [-0.1, -0.05) is 13.8 Å². The quantitative estimate of drug-likeness (QED) is 0.926. The maximum atomic E-state index is 5.85. The molecule has 5 heteroatoms. The van der Waals surface area contributed by atoms with E-state index in [1.54, 1.807) is 18.5 Å². The summed E-state index contributed by atoms with van der Waals surface area (Å²) in [5.41, 5.74) is 7.49. The van der Waals surface area contributed by atoms with Gasteiger partial charge in [0.15, 0.2) is 0 Å². The third kappa shape index (κ3) is 3.44. The van der Waals surface area contributed by atoms with Gasteiger partial charge < -0.3 is 10.5 Å². The van der Waals surface area contributed by atoms with E-state index in [-0.39, 0.29) is 12.0 Å². The van der Waals surface area contributed by atoms with Crippen molar-refractivity contribution >= 4 is 5.82 Å². The largest absolute Gasteiger partial charge is 0.489 e. The van der Waals surface area contributed by atoms with Gasteiger partial charge in [0, 0.05) is 23.7 Å². The number of nitrogens with two attached hydrogens (primary N) is 1. The lowest BCUT2D eigenvalue weighted by Crippen LogP contribution is -2.06. The van der Waals surface area contributed by atoms with E-state index in [1.807, 2.05) is 33.8 Å². The van der Waals surface area contributed by atoms with Gasteiger partial charge in [0.25, 0.3) is 0 Å². The average molecular weight is 272 g/mol. The molecule has 2 aromatic rings. The summed E-state index contributed by atoms with van der Waals surface area (Å²) in [7, 11) is 0. The summed E-state index contributed by atoms with van der Waals surface area (Å²) in [6.45, 7) is 8.03. The van der Waals surface area contributed by atoms with Gasteiger partial charge in [-0.25, -0.2) is 9.97 Å². The molecule has 2 rings (SSSR count). The van der Waals surface area contributed by atoms with Crippen molar-refractivity contribution in [3.63, 3.8) is 0 Å². The van der Waals surface area contributed by atoms with Gasteiger partial charge >= 0.3 is 0 Å². The maximum Gasteiger partial charge on any atom is 0.138 e. The van der Waals surface area contributed by atoms with E-state index in [0.717, 1.165) is 22.8 Å². The van der Waals surface area contributed by atoms with Gasteiger partial charge in [0.2, 0.25) is 0 Å². The fraction of sp³-hybridized carbons (Fsp3) is 0.400. The van der Waals surface area contributed by atoms with Crippen LogP contribution in [0, 0.1) is 0 Å². The van der Waals surface area contributed by atoms with Crippen LogP contribution >= 0.6 is 0 Å². The van der Waals surface area contributed by atoms with Crippen molar-refractivity contribution in [1.29, 1.82) is 0 Å². The minimum atomic E-state index is 0.105. The zero-order chi connectivity index (χ0) is 14.7. The molecule has 106 valence electrons. The predicted molar refractivity (Wildman–Crippen MR) is 79.5 cm³/mol. The average Bonchev–Trinajstić information content (AvgIpc) is 2.37. The molecule has 0 saturated carbocycles. The molecule has 5 nitrogen and oxygen atoms in total. The van der Waals surface area contributed by atoms with Crippen LogP contribution in [-0.4, -0.2) is 21.1 Å². The normalized spacial score (nSPS) is 11.1. The lowest BCUT2D eigenvalue weighted by molar-refractivity contribution is 0.241. The molecule has 0 unspecified atom stereocenters. The van der Waals surface area contributed by atoms with Crippen LogP contribution in [0.2, 0.25) is 0 Å². The van der Waals surface area contributed by atoms with Crippen molar-refractivity contribution in [3.05, 3.63) is 30.4 Å². The molecule has 0 aliphatic heterocycles. The van der Waals surface area contributed by atoms with Gasteiger partial charge in [-0.3, -0.25) is 4.98 Å². The molecule has 0 aliphatic rings. The fourth-order valence-corrected chi connectivity index (χ4v) is 1.79. The van der Waals surface area contributed by atoms with Crippen molar-refractivity contribution in [1.82, 2.24) is 15.0 Å². The molecule has 0 aromatic carbocycles. The molecule has 2 heterocycles. The van der Waals surface area contributed by atoms with E-state index in [0.29, 0.717) is 5.82 Å². The number of aromatic nitrogens is 3. The summed E-state index contributed by atoms with van der Waals surface area (Å²) >= 11 is 0. The van der Waals surface area contributed by atoms with Crippen LogP contribution < -0.4 is 10.5 Å². The van der Waals surface area contributed by atoms with E-state index in [2.05, 4.69) is 15.0 Å². The smallest absolute Gasteiger partial charge is 0.138 e. The lowest BCUT2D eigenvalue weighted by Gasteiger charge is -2.11. The predicted octanol–water partition coefficient (Wildman–Crippen LogP) is 3.03. The van der Waals surface area contributed by atoms with Gasteiger partial charge in [0.05, 0.1) is 18.0 Å². The Balaban J connectivity index is 2.40. The number of nitrogen functional groups attached to an aromatic ring is 1. The monoisotopic (exact) mass is 272 g/mol. The third-order valence-corrected chi connectivity index (χ3v) is 2.66. The molecule has 0 aliphatic carbocycles. The molecule has 2 N–H and O–H groups in total. The topological polar surface area (TPSA) is 73.9 Å². The maximum absolute atomic E-state index is 5.85. The van der Waals surface area contributed by atoms with Crippen molar-refractivity contribution in [2.75, 3.05) is 5.73 Å². The van der Waals surface area contributed by atoms with Crippen LogP contribution in [0.3, 0.4) is 0 Å². The van der Waals surface area contributed by atoms with Gasteiger partial charge in [0.1, 0.15) is 17.4 Å². The van der Waals surface area contributed by atoms with Crippen LogP contribution in [0.4, 0.5) is 5.82 Å². The first-order valence-corrected chi connectivity index (χ1v) is 6.72. The molecule has 20 heavy (non-hydrogen) atoms. The molecule has 0 atom stereocenters. The molecule has 2 aromatic heterocycles. The third-order valence-electron chi connectivity index (χ3n) is 2.66. The second kappa shape index (κ2) is 5.86. The van der Waals surface area contributed by atoms with E-state index >= 15 is 0 Å². The van der Waals surface area contributed by atoms with Gasteiger partial charge in [-0.2, -0.15) is 0 Å². The van der Waals surface area contributed by atoms with E-state index in [4.69, 9.17) is 10.5 Å². The Labute approximate surface area is 119 Å². The summed E-state index contributed by atoms with van der Waals surface area (Å²) in [5.74, 6) is 2.14. The molecule has 0 fully saturated rings. The first-order valence-electron chi connectivity index (χ1n) is 6.72. The number of rotatable bonds is 4. The van der Waals surface area contributed by atoms with Crippen LogP contribution in [0.25, 0.3) is 11.3 Å². The highest BCUT2D eigenvalue weighted by atomic mass is 16.5. The number of anilines is 1. The standard InChI is InChI=1S/C15H20N4O/c1-9(2)15-18-13(6-14(16)19-15)11-5-12(8-17-7-11)20-10(3)4/h5-10H,1-4H3,(H2,16,18,19). The highest BCUT2D eigenvalue weighted by Gasteiger charge is 2.09. The zero-order valence-corrected chi connectivity index (χ0v) is 12.3. The van der Waals surface area contributed by atoms with Gasteiger partial charge in [-0.15, -0.1) is 0 Å². The number of hydrogen-bond donors (Lipinski definition) is 1.